The van der Waals surface area contributed by atoms with Gasteiger partial charge in [0.25, 0.3) is 0 Å². The van der Waals surface area contributed by atoms with E-state index in [4.69, 9.17) is 0 Å². The molecule has 0 aromatic heterocycles. The molecule has 6 nitrogen and oxygen atoms in total. The molecule has 1 fully saturated rings. The molecule has 0 saturated carbocycles. The van der Waals surface area contributed by atoms with Gasteiger partial charge in [0.2, 0.25) is 5.91 Å². The third-order valence-corrected chi connectivity index (χ3v) is 4.49. The third-order valence-electron chi connectivity index (χ3n) is 4.49. The highest BCUT2D eigenvalue weighted by Gasteiger charge is 2.28. The number of halogens is 1. The fourth-order valence-electron chi connectivity index (χ4n) is 3.02. The van der Waals surface area contributed by atoms with Gasteiger partial charge in [0.1, 0.15) is 0 Å². The van der Waals surface area contributed by atoms with Crippen molar-refractivity contribution in [1.82, 2.24) is 20.4 Å². The summed E-state index contributed by atoms with van der Waals surface area (Å²) in [5.41, 5.74) is -0.464. The molecule has 1 atom stereocenters. The van der Waals surface area contributed by atoms with Crippen LogP contribution in [-0.4, -0.2) is 75.0 Å². The first-order valence-electron chi connectivity index (χ1n) is 8.23. The maximum absolute atomic E-state index is 11.9. The van der Waals surface area contributed by atoms with Crippen molar-refractivity contribution in [3.8, 4) is 0 Å². The number of likely N-dealkylation sites (tertiary alicyclic amines) is 1. The van der Waals surface area contributed by atoms with E-state index in [1.54, 1.807) is 14.1 Å². The van der Waals surface area contributed by atoms with Gasteiger partial charge in [-0.25, -0.2) is 0 Å². The molecule has 0 radical (unpaired) electrons. The quantitative estimate of drug-likeness (QED) is 0.373. The Kier molecular flexibility index (Phi) is 10.1. The molecule has 0 aromatic carbocycles. The van der Waals surface area contributed by atoms with Gasteiger partial charge in [0.05, 0.1) is 5.41 Å². The molecule has 0 aliphatic carbocycles. The number of carbonyl (C=O) groups excluding carboxylic acids is 1. The number of guanidine groups is 1. The number of hydrogen-bond donors (Lipinski definition) is 2. The highest BCUT2D eigenvalue weighted by molar-refractivity contribution is 14.0. The topological polar surface area (TPSA) is 60.0 Å². The van der Waals surface area contributed by atoms with Gasteiger partial charge in [-0.2, -0.15) is 0 Å². The van der Waals surface area contributed by atoms with Gasteiger partial charge in [-0.05, 0) is 39.8 Å². The Morgan fingerprint density at radius 2 is 2.09 bits per heavy atom. The lowest BCUT2D eigenvalue weighted by atomic mass is 9.92. The molecule has 0 bridgehead atoms. The number of likely N-dealkylation sites (N-methyl/N-ethyl adjacent to an activating group) is 2. The highest BCUT2D eigenvalue weighted by atomic mass is 127. The molecule has 136 valence electrons. The lowest BCUT2D eigenvalue weighted by molar-refractivity contribution is -0.128. The van der Waals surface area contributed by atoms with Crippen LogP contribution in [0.1, 0.15) is 33.6 Å². The molecule has 0 aromatic rings. The van der Waals surface area contributed by atoms with Crippen molar-refractivity contribution in [2.75, 3.05) is 47.3 Å². The molecule has 1 heterocycles. The van der Waals surface area contributed by atoms with E-state index in [0.29, 0.717) is 12.6 Å². The van der Waals surface area contributed by atoms with E-state index in [1.807, 2.05) is 13.8 Å². The molecule has 23 heavy (non-hydrogen) atoms. The fourth-order valence-corrected chi connectivity index (χ4v) is 3.02. The molecule has 1 unspecified atom stereocenters. The second kappa shape index (κ2) is 10.3. The number of rotatable bonds is 6. The van der Waals surface area contributed by atoms with E-state index in [2.05, 4.69) is 39.4 Å². The second-order valence-corrected chi connectivity index (χ2v) is 6.67. The van der Waals surface area contributed by atoms with E-state index < -0.39 is 5.41 Å². The summed E-state index contributed by atoms with van der Waals surface area (Å²) in [5, 5.41) is 6.04. The van der Waals surface area contributed by atoms with Crippen LogP contribution in [0.5, 0.6) is 0 Å². The fraction of sp³-hybridized carbons (Fsp3) is 0.875. The highest BCUT2D eigenvalue weighted by Crippen LogP contribution is 2.17. The number of nitrogens with zero attached hydrogens (tertiary/aromatic N) is 3. The number of nitrogens with one attached hydrogen (secondary N) is 2. The van der Waals surface area contributed by atoms with Gasteiger partial charge in [-0.3, -0.25) is 14.7 Å². The SMILES string of the molecule is CCN1CCCC1CN(C)C(=NC)NCC(C)(C)C(=O)NC.I. The number of carbonyl (C=O) groups is 1. The maximum Gasteiger partial charge on any atom is 0.227 e. The van der Waals surface area contributed by atoms with E-state index in [9.17, 15) is 4.79 Å². The lowest BCUT2D eigenvalue weighted by Gasteiger charge is -2.31. The molecule has 2 N–H and O–H groups in total. The molecular formula is C16H34IN5O. The predicted octanol–water partition coefficient (Wildman–Crippen LogP) is 1.37. The maximum atomic E-state index is 11.9. The minimum Gasteiger partial charge on any atom is -0.359 e. The smallest absolute Gasteiger partial charge is 0.227 e. The van der Waals surface area contributed by atoms with Gasteiger partial charge < -0.3 is 15.5 Å². The zero-order valence-electron chi connectivity index (χ0n) is 15.5. The van der Waals surface area contributed by atoms with Crippen LogP contribution in [0, 0.1) is 5.41 Å². The first kappa shape index (κ1) is 22.4. The Balaban J connectivity index is 0.00000484. The first-order chi connectivity index (χ1) is 10.4. The van der Waals surface area contributed by atoms with Crippen LogP contribution in [0.25, 0.3) is 0 Å². The normalized spacial score (nSPS) is 19.2. The second-order valence-electron chi connectivity index (χ2n) is 6.67. The summed E-state index contributed by atoms with van der Waals surface area (Å²) in [6.45, 7) is 9.92. The zero-order chi connectivity index (χ0) is 16.8. The van der Waals surface area contributed by atoms with Gasteiger partial charge in [0, 0.05) is 40.3 Å². The summed E-state index contributed by atoms with van der Waals surface area (Å²) in [4.78, 5) is 20.9. The molecule has 1 rings (SSSR count). The first-order valence-corrected chi connectivity index (χ1v) is 8.23. The summed E-state index contributed by atoms with van der Waals surface area (Å²) in [6, 6.07) is 0.598. The van der Waals surface area contributed by atoms with Crippen molar-refractivity contribution >= 4 is 35.8 Å². The van der Waals surface area contributed by atoms with Crippen LogP contribution in [0.3, 0.4) is 0 Å². The molecule has 0 spiro atoms. The molecule has 7 heteroatoms. The Morgan fingerprint density at radius 1 is 1.43 bits per heavy atom. The largest absolute Gasteiger partial charge is 0.359 e. The van der Waals surface area contributed by atoms with Gasteiger partial charge in [0.15, 0.2) is 5.96 Å². The zero-order valence-corrected chi connectivity index (χ0v) is 17.8. The summed E-state index contributed by atoms with van der Waals surface area (Å²) >= 11 is 0. The van der Waals surface area contributed by atoms with Crippen LogP contribution in [0.4, 0.5) is 0 Å². The van der Waals surface area contributed by atoms with Gasteiger partial charge in [-0.1, -0.05) is 6.92 Å². The molecule has 1 aliphatic heterocycles. The van der Waals surface area contributed by atoms with Crippen LogP contribution in [0.15, 0.2) is 4.99 Å². The Bertz CT molecular complexity index is 400. The van der Waals surface area contributed by atoms with Crippen molar-refractivity contribution in [1.29, 1.82) is 0 Å². The summed E-state index contributed by atoms with van der Waals surface area (Å²) < 4.78 is 0. The average Bonchev–Trinajstić information content (AvgIpc) is 2.93. The van der Waals surface area contributed by atoms with E-state index in [0.717, 1.165) is 19.0 Å². The Morgan fingerprint density at radius 3 is 2.61 bits per heavy atom. The molecular weight excluding hydrogens is 405 g/mol. The van der Waals surface area contributed by atoms with Crippen LogP contribution >= 0.6 is 24.0 Å². The molecule has 1 saturated heterocycles. The predicted molar refractivity (Wildman–Crippen MR) is 108 cm³/mol. The van der Waals surface area contributed by atoms with E-state index >= 15 is 0 Å². The number of aliphatic imine (C=N–C) groups is 1. The minimum absolute atomic E-state index is 0. The monoisotopic (exact) mass is 439 g/mol. The van der Waals surface area contributed by atoms with Crippen LogP contribution in [-0.2, 0) is 4.79 Å². The van der Waals surface area contributed by atoms with Gasteiger partial charge in [-0.15, -0.1) is 24.0 Å². The lowest BCUT2D eigenvalue weighted by Crippen LogP contribution is -2.50. The summed E-state index contributed by atoms with van der Waals surface area (Å²) in [7, 11) is 5.52. The van der Waals surface area contributed by atoms with Gasteiger partial charge >= 0.3 is 0 Å². The van der Waals surface area contributed by atoms with Crippen molar-refractivity contribution in [3.63, 3.8) is 0 Å². The Labute approximate surface area is 158 Å². The standard InChI is InChI=1S/C16H33N5O.HI/c1-7-21-10-8-9-13(21)11-20(6)15(18-5)19-12-16(2,3)14(22)17-4;/h13H,7-12H2,1-6H3,(H,17,22)(H,18,19);1H. The van der Waals surface area contributed by atoms with Crippen LogP contribution in [0.2, 0.25) is 0 Å². The molecule has 1 amide bonds. The van der Waals surface area contributed by atoms with Crippen molar-refractivity contribution in [3.05, 3.63) is 0 Å². The van der Waals surface area contributed by atoms with Crippen molar-refractivity contribution in [2.24, 2.45) is 10.4 Å². The average molecular weight is 439 g/mol. The van der Waals surface area contributed by atoms with Crippen LogP contribution < -0.4 is 10.6 Å². The number of amides is 1. The number of hydrogen-bond acceptors (Lipinski definition) is 3. The minimum atomic E-state index is -0.464. The third kappa shape index (κ3) is 6.45. The molecule has 1 aliphatic rings. The van der Waals surface area contributed by atoms with Crippen molar-refractivity contribution in [2.45, 2.75) is 39.7 Å². The van der Waals surface area contributed by atoms with E-state index in [1.165, 1.54) is 19.4 Å². The summed E-state index contributed by atoms with van der Waals surface area (Å²) in [5.74, 6) is 0.881. The van der Waals surface area contributed by atoms with Crippen molar-refractivity contribution < 1.29 is 4.79 Å². The van der Waals surface area contributed by atoms with E-state index in [-0.39, 0.29) is 29.9 Å². The summed E-state index contributed by atoms with van der Waals surface area (Å²) in [6.07, 6.45) is 2.53. The Hall–Kier alpha value is -0.570.